The number of halogens is 1. The lowest BCUT2D eigenvalue weighted by Gasteiger charge is -2.20. The second kappa shape index (κ2) is 5.82. The molecule has 1 amide bonds. The van der Waals surface area contributed by atoms with Gasteiger partial charge in [0.2, 0.25) is 5.91 Å². The number of ether oxygens (including phenoxy) is 1. The molecule has 1 atom stereocenters. The maximum absolute atomic E-state index is 13.0. The van der Waals surface area contributed by atoms with Gasteiger partial charge in [-0.05, 0) is 38.3 Å². The fourth-order valence-electron chi connectivity index (χ4n) is 1.47. The normalized spacial score (nSPS) is 14.0. The molecule has 0 bridgehead atoms. The summed E-state index contributed by atoms with van der Waals surface area (Å²) in [4.78, 5) is 11.0. The summed E-state index contributed by atoms with van der Waals surface area (Å²) in [5.41, 5.74) is 10.7. The largest absolute Gasteiger partial charge is 0.493 e. The Hall–Kier alpha value is -1.62. The van der Waals surface area contributed by atoms with Crippen LogP contribution < -0.4 is 16.2 Å². The molecule has 1 aromatic carbocycles. The predicted octanol–water partition coefficient (Wildman–Crippen LogP) is 1.50. The van der Waals surface area contributed by atoms with E-state index >= 15 is 0 Å². The van der Waals surface area contributed by atoms with Gasteiger partial charge < -0.3 is 16.2 Å². The molecule has 0 saturated carbocycles. The molecule has 0 radical (unpaired) electrons. The third kappa shape index (κ3) is 4.00. The first-order valence-corrected chi connectivity index (χ1v) is 5.80. The molecule has 5 heteroatoms. The molecular formula is C13H19FN2O2. The Kier molecular flexibility index (Phi) is 4.67. The summed E-state index contributed by atoms with van der Waals surface area (Å²) >= 11 is 0. The number of amides is 1. The van der Waals surface area contributed by atoms with Crippen molar-refractivity contribution in [2.24, 2.45) is 11.5 Å². The van der Waals surface area contributed by atoms with Crippen molar-refractivity contribution in [3.63, 3.8) is 0 Å². The number of primary amides is 1. The Labute approximate surface area is 106 Å². The molecule has 100 valence electrons. The molecule has 0 aliphatic rings. The first-order chi connectivity index (χ1) is 8.33. The van der Waals surface area contributed by atoms with Crippen LogP contribution in [0, 0.1) is 12.7 Å². The molecule has 0 spiro atoms. The standard InChI is InChI=1S/C13H19FN2O2/c1-9-4-5-10(14)8-11(9)18-7-3-6-13(2,16)12(15)17/h4-5,8H,3,6-7,16H2,1-2H3,(H2,15,17). The van der Waals surface area contributed by atoms with Gasteiger partial charge in [0.1, 0.15) is 11.6 Å². The van der Waals surface area contributed by atoms with Crippen molar-refractivity contribution in [1.82, 2.24) is 0 Å². The van der Waals surface area contributed by atoms with Crippen molar-refractivity contribution in [2.75, 3.05) is 6.61 Å². The van der Waals surface area contributed by atoms with Gasteiger partial charge in [0.15, 0.2) is 0 Å². The second-order valence-electron chi connectivity index (χ2n) is 4.64. The van der Waals surface area contributed by atoms with E-state index in [4.69, 9.17) is 16.2 Å². The van der Waals surface area contributed by atoms with Crippen molar-refractivity contribution >= 4 is 5.91 Å². The molecule has 0 aliphatic heterocycles. The zero-order chi connectivity index (χ0) is 13.8. The van der Waals surface area contributed by atoms with Gasteiger partial charge in [0.05, 0.1) is 12.1 Å². The smallest absolute Gasteiger partial charge is 0.237 e. The van der Waals surface area contributed by atoms with Gasteiger partial charge in [-0.3, -0.25) is 4.79 Å². The molecule has 1 aromatic rings. The van der Waals surface area contributed by atoms with Crippen LogP contribution >= 0.6 is 0 Å². The average Bonchev–Trinajstić information content (AvgIpc) is 2.28. The van der Waals surface area contributed by atoms with Crippen LogP contribution in [0.4, 0.5) is 4.39 Å². The number of nitrogens with two attached hydrogens (primary N) is 2. The van der Waals surface area contributed by atoms with Gasteiger partial charge in [-0.1, -0.05) is 6.07 Å². The number of carbonyl (C=O) groups excluding carboxylic acids is 1. The summed E-state index contributed by atoms with van der Waals surface area (Å²) in [5.74, 6) is -0.367. The van der Waals surface area contributed by atoms with E-state index in [0.29, 0.717) is 25.2 Å². The number of benzene rings is 1. The Bertz CT molecular complexity index is 433. The van der Waals surface area contributed by atoms with Crippen LogP contribution in [-0.4, -0.2) is 18.1 Å². The van der Waals surface area contributed by atoms with E-state index in [1.165, 1.54) is 12.1 Å². The molecule has 0 saturated heterocycles. The molecule has 0 fully saturated rings. The van der Waals surface area contributed by atoms with E-state index in [2.05, 4.69) is 0 Å². The van der Waals surface area contributed by atoms with Gasteiger partial charge in [0, 0.05) is 6.07 Å². The second-order valence-corrected chi connectivity index (χ2v) is 4.64. The lowest BCUT2D eigenvalue weighted by atomic mass is 9.97. The van der Waals surface area contributed by atoms with Crippen molar-refractivity contribution in [2.45, 2.75) is 32.2 Å². The highest BCUT2D eigenvalue weighted by atomic mass is 19.1. The highest BCUT2D eigenvalue weighted by molar-refractivity contribution is 5.83. The van der Waals surface area contributed by atoms with Gasteiger partial charge in [-0.15, -0.1) is 0 Å². The number of carbonyl (C=O) groups is 1. The Morgan fingerprint density at radius 1 is 1.50 bits per heavy atom. The molecule has 1 rings (SSSR count). The topological polar surface area (TPSA) is 78.3 Å². The lowest BCUT2D eigenvalue weighted by Crippen LogP contribution is -2.49. The summed E-state index contributed by atoms with van der Waals surface area (Å²) in [6, 6.07) is 4.37. The number of hydrogen-bond donors (Lipinski definition) is 2. The Balaban J connectivity index is 2.43. The monoisotopic (exact) mass is 254 g/mol. The van der Waals surface area contributed by atoms with Crippen LogP contribution in [-0.2, 0) is 4.79 Å². The maximum atomic E-state index is 13.0. The number of rotatable bonds is 6. The summed E-state index contributed by atoms with van der Waals surface area (Å²) in [6.07, 6.45) is 1.00. The van der Waals surface area contributed by atoms with E-state index in [1.807, 2.05) is 6.92 Å². The maximum Gasteiger partial charge on any atom is 0.237 e. The Morgan fingerprint density at radius 2 is 2.17 bits per heavy atom. The highest BCUT2D eigenvalue weighted by Gasteiger charge is 2.24. The van der Waals surface area contributed by atoms with Gasteiger partial charge in [-0.25, -0.2) is 4.39 Å². The molecule has 4 nitrogen and oxygen atoms in total. The minimum Gasteiger partial charge on any atom is -0.493 e. The summed E-state index contributed by atoms with van der Waals surface area (Å²) < 4.78 is 18.4. The molecular weight excluding hydrogens is 235 g/mol. The minimum absolute atomic E-state index is 0.337. The fourth-order valence-corrected chi connectivity index (χ4v) is 1.47. The zero-order valence-electron chi connectivity index (χ0n) is 10.7. The van der Waals surface area contributed by atoms with Crippen LogP contribution in [0.5, 0.6) is 5.75 Å². The van der Waals surface area contributed by atoms with E-state index in [0.717, 1.165) is 5.56 Å². The van der Waals surface area contributed by atoms with E-state index < -0.39 is 11.4 Å². The van der Waals surface area contributed by atoms with Crippen LogP contribution in [0.15, 0.2) is 18.2 Å². The van der Waals surface area contributed by atoms with Crippen LogP contribution in [0.1, 0.15) is 25.3 Å². The molecule has 0 aromatic heterocycles. The van der Waals surface area contributed by atoms with Gasteiger partial charge in [0.25, 0.3) is 0 Å². The zero-order valence-corrected chi connectivity index (χ0v) is 10.7. The van der Waals surface area contributed by atoms with Crippen LogP contribution in [0.2, 0.25) is 0 Å². The quantitative estimate of drug-likeness (QED) is 0.755. The van der Waals surface area contributed by atoms with E-state index in [-0.39, 0.29) is 5.82 Å². The lowest BCUT2D eigenvalue weighted by molar-refractivity contribution is -0.122. The van der Waals surface area contributed by atoms with Crippen molar-refractivity contribution in [3.8, 4) is 5.75 Å². The molecule has 18 heavy (non-hydrogen) atoms. The summed E-state index contributed by atoms with van der Waals surface area (Å²) in [5, 5.41) is 0. The third-order valence-corrected chi connectivity index (χ3v) is 2.81. The van der Waals surface area contributed by atoms with Gasteiger partial charge >= 0.3 is 0 Å². The highest BCUT2D eigenvalue weighted by Crippen LogP contribution is 2.19. The summed E-state index contributed by atoms with van der Waals surface area (Å²) in [6.45, 7) is 3.79. The van der Waals surface area contributed by atoms with Crippen molar-refractivity contribution in [1.29, 1.82) is 0 Å². The first-order valence-electron chi connectivity index (χ1n) is 5.80. The third-order valence-electron chi connectivity index (χ3n) is 2.81. The number of aryl methyl sites for hydroxylation is 1. The summed E-state index contributed by atoms with van der Waals surface area (Å²) in [7, 11) is 0. The predicted molar refractivity (Wildman–Crippen MR) is 67.7 cm³/mol. The van der Waals surface area contributed by atoms with Crippen LogP contribution in [0.3, 0.4) is 0 Å². The van der Waals surface area contributed by atoms with Crippen molar-refractivity contribution < 1.29 is 13.9 Å². The van der Waals surface area contributed by atoms with Crippen LogP contribution in [0.25, 0.3) is 0 Å². The molecule has 4 N–H and O–H groups in total. The molecule has 0 heterocycles. The first kappa shape index (κ1) is 14.4. The van der Waals surface area contributed by atoms with Gasteiger partial charge in [-0.2, -0.15) is 0 Å². The molecule has 0 aliphatic carbocycles. The average molecular weight is 254 g/mol. The minimum atomic E-state index is -1.03. The molecule has 1 unspecified atom stereocenters. The van der Waals surface area contributed by atoms with E-state index in [1.54, 1.807) is 13.0 Å². The van der Waals surface area contributed by atoms with Crippen molar-refractivity contribution in [3.05, 3.63) is 29.6 Å². The fraction of sp³-hybridized carbons (Fsp3) is 0.462. The SMILES string of the molecule is Cc1ccc(F)cc1OCCCC(C)(N)C(N)=O. The van der Waals surface area contributed by atoms with E-state index in [9.17, 15) is 9.18 Å². The Morgan fingerprint density at radius 3 is 2.78 bits per heavy atom. The number of hydrogen-bond acceptors (Lipinski definition) is 3.